The van der Waals surface area contributed by atoms with E-state index in [1.54, 1.807) is 0 Å². The Balaban J connectivity index is 1.85. The zero-order valence-corrected chi connectivity index (χ0v) is 12.9. The standard InChI is InChI=1S/C16H22N2O2S/c17-16(21)15(12-6-2-1-3-7-12)18-14(19)10-9-13-8-4-5-11-20-13/h1-3,6-7,13,15H,4-5,8-11H2,(H2,17,21)(H,18,19). The molecule has 1 saturated heterocycles. The van der Waals surface area contributed by atoms with Crippen LogP contribution in [-0.4, -0.2) is 23.6 Å². The van der Waals surface area contributed by atoms with Crippen molar-refractivity contribution in [2.24, 2.45) is 5.73 Å². The number of benzene rings is 1. The number of carbonyl (C=O) groups is 1. The van der Waals surface area contributed by atoms with E-state index in [0.29, 0.717) is 6.42 Å². The summed E-state index contributed by atoms with van der Waals surface area (Å²) in [5.74, 6) is -0.0363. The summed E-state index contributed by atoms with van der Waals surface area (Å²) in [6, 6.07) is 9.15. The summed E-state index contributed by atoms with van der Waals surface area (Å²) in [6.45, 7) is 0.811. The first-order valence-electron chi connectivity index (χ1n) is 7.42. The van der Waals surface area contributed by atoms with Crippen LogP contribution in [0.25, 0.3) is 0 Å². The summed E-state index contributed by atoms with van der Waals surface area (Å²) in [5.41, 5.74) is 6.66. The lowest BCUT2D eigenvalue weighted by Crippen LogP contribution is -2.37. The van der Waals surface area contributed by atoms with Crippen LogP contribution in [0.3, 0.4) is 0 Å². The van der Waals surface area contributed by atoms with Gasteiger partial charge >= 0.3 is 0 Å². The van der Waals surface area contributed by atoms with Crippen molar-refractivity contribution in [1.29, 1.82) is 0 Å². The first-order valence-corrected chi connectivity index (χ1v) is 7.83. The van der Waals surface area contributed by atoms with Gasteiger partial charge in [0.05, 0.1) is 6.10 Å². The predicted molar refractivity (Wildman–Crippen MR) is 86.9 cm³/mol. The molecule has 0 saturated carbocycles. The maximum atomic E-state index is 12.1. The van der Waals surface area contributed by atoms with Gasteiger partial charge in [0.2, 0.25) is 5.91 Å². The molecule has 2 atom stereocenters. The van der Waals surface area contributed by atoms with Crippen molar-refractivity contribution in [1.82, 2.24) is 5.32 Å². The van der Waals surface area contributed by atoms with Crippen LogP contribution < -0.4 is 11.1 Å². The quantitative estimate of drug-likeness (QED) is 0.793. The Morgan fingerprint density at radius 2 is 2.14 bits per heavy atom. The summed E-state index contributed by atoms with van der Waals surface area (Å²) >= 11 is 5.07. The third kappa shape index (κ3) is 5.10. The van der Waals surface area contributed by atoms with Gasteiger partial charge in [0.1, 0.15) is 11.0 Å². The Hall–Kier alpha value is -1.46. The van der Waals surface area contributed by atoms with Crippen molar-refractivity contribution in [3.8, 4) is 0 Å². The van der Waals surface area contributed by atoms with Gasteiger partial charge in [0, 0.05) is 13.0 Å². The number of thiocarbonyl (C=S) groups is 1. The molecule has 0 aliphatic carbocycles. The SMILES string of the molecule is NC(=S)C(NC(=O)CCC1CCCCO1)c1ccccc1. The number of ether oxygens (including phenoxy) is 1. The van der Waals surface area contributed by atoms with E-state index < -0.39 is 6.04 Å². The Kier molecular flexibility index (Phi) is 6.14. The second kappa shape index (κ2) is 8.10. The molecule has 114 valence electrons. The minimum Gasteiger partial charge on any atom is -0.391 e. The van der Waals surface area contributed by atoms with E-state index in [2.05, 4.69) is 5.32 Å². The fourth-order valence-corrected chi connectivity index (χ4v) is 2.72. The fourth-order valence-electron chi connectivity index (χ4n) is 2.52. The molecule has 0 radical (unpaired) electrons. The smallest absolute Gasteiger partial charge is 0.220 e. The molecule has 1 aliphatic rings. The first kappa shape index (κ1) is 15.9. The molecule has 5 heteroatoms. The van der Waals surface area contributed by atoms with Crippen LogP contribution in [-0.2, 0) is 9.53 Å². The second-order valence-electron chi connectivity index (χ2n) is 5.34. The number of carbonyl (C=O) groups excluding carboxylic acids is 1. The lowest BCUT2D eigenvalue weighted by atomic mass is 10.0. The van der Waals surface area contributed by atoms with Crippen molar-refractivity contribution >= 4 is 23.1 Å². The monoisotopic (exact) mass is 306 g/mol. The van der Waals surface area contributed by atoms with Gasteiger partial charge in [-0.1, -0.05) is 42.5 Å². The van der Waals surface area contributed by atoms with Gasteiger partial charge in [-0.3, -0.25) is 4.79 Å². The minimum absolute atomic E-state index is 0.0363. The summed E-state index contributed by atoms with van der Waals surface area (Å²) in [7, 11) is 0. The van der Waals surface area contributed by atoms with Crippen molar-refractivity contribution in [2.75, 3.05) is 6.61 Å². The number of rotatable bonds is 6. The highest BCUT2D eigenvalue weighted by Gasteiger charge is 2.19. The zero-order valence-electron chi connectivity index (χ0n) is 12.1. The van der Waals surface area contributed by atoms with Crippen LogP contribution in [0.1, 0.15) is 43.7 Å². The molecule has 0 aromatic heterocycles. The summed E-state index contributed by atoms with van der Waals surface area (Å²) in [6.07, 6.45) is 4.77. The number of hydrogen-bond donors (Lipinski definition) is 2. The largest absolute Gasteiger partial charge is 0.391 e. The average molecular weight is 306 g/mol. The van der Waals surface area contributed by atoms with Crippen LogP contribution in [0.15, 0.2) is 30.3 Å². The van der Waals surface area contributed by atoms with E-state index in [1.807, 2.05) is 30.3 Å². The third-order valence-electron chi connectivity index (χ3n) is 3.69. The number of nitrogens with one attached hydrogen (secondary N) is 1. The molecular formula is C16H22N2O2S. The lowest BCUT2D eigenvalue weighted by Gasteiger charge is -2.23. The minimum atomic E-state index is -0.402. The average Bonchev–Trinajstić information content (AvgIpc) is 2.52. The first-order chi connectivity index (χ1) is 10.2. The Morgan fingerprint density at radius 3 is 2.76 bits per heavy atom. The van der Waals surface area contributed by atoms with Crippen LogP contribution >= 0.6 is 12.2 Å². The summed E-state index contributed by atoms with van der Waals surface area (Å²) in [5, 5.41) is 2.91. The molecule has 3 N–H and O–H groups in total. The molecule has 21 heavy (non-hydrogen) atoms. The number of hydrogen-bond acceptors (Lipinski definition) is 3. The molecule has 4 nitrogen and oxygen atoms in total. The molecule has 1 amide bonds. The topological polar surface area (TPSA) is 64.3 Å². The van der Waals surface area contributed by atoms with Gasteiger partial charge in [-0.25, -0.2) is 0 Å². The van der Waals surface area contributed by atoms with E-state index in [1.165, 1.54) is 6.42 Å². The maximum Gasteiger partial charge on any atom is 0.220 e. The highest BCUT2D eigenvalue weighted by atomic mass is 32.1. The fraction of sp³-hybridized carbons (Fsp3) is 0.500. The van der Waals surface area contributed by atoms with Crippen molar-refractivity contribution in [3.63, 3.8) is 0 Å². The Morgan fingerprint density at radius 1 is 1.38 bits per heavy atom. The highest BCUT2D eigenvalue weighted by molar-refractivity contribution is 7.80. The van der Waals surface area contributed by atoms with Gasteiger partial charge < -0.3 is 15.8 Å². The van der Waals surface area contributed by atoms with Gasteiger partial charge in [0.25, 0.3) is 0 Å². The highest BCUT2D eigenvalue weighted by Crippen LogP contribution is 2.18. The van der Waals surface area contributed by atoms with E-state index in [4.69, 9.17) is 22.7 Å². The van der Waals surface area contributed by atoms with Crippen molar-refractivity contribution in [3.05, 3.63) is 35.9 Å². The lowest BCUT2D eigenvalue weighted by molar-refractivity contribution is -0.122. The van der Waals surface area contributed by atoms with Crippen LogP contribution in [0, 0.1) is 0 Å². The number of nitrogens with two attached hydrogens (primary N) is 1. The summed E-state index contributed by atoms with van der Waals surface area (Å²) in [4.78, 5) is 12.4. The van der Waals surface area contributed by atoms with Crippen LogP contribution in [0.5, 0.6) is 0 Å². The number of amides is 1. The van der Waals surface area contributed by atoms with Gasteiger partial charge in [0.15, 0.2) is 0 Å². The molecule has 1 fully saturated rings. The van der Waals surface area contributed by atoms with Crippen LogP contribution in [0.4, 0.5) is 0 Å². The van der Waals surface area contributed by atoms with Crippen molar-refractivity contribution in [2.45, 2.75) is 44.2 Å². The Labute approximate surface area is 131 Å². The van der Waals surface area contributed by atoms with E-state index in [0.717, 1.165) is 31.4 Å². The molecule has 1 aromatic rings. The maximum absolute atomic E-state index is 12.1. The molecule has 0 bridgehead atoms. The van der Waals surface area contributed by atoms with Crippen molar-refractivity contribution < 1.29 is 9.53 Å². The molecule has 2 unspecified atom stereocenters. The van der Waals surface area contributed by atoms with Gasteiger partial charge in [-0.2, -0.15) is 0 Å². The van der Waals surface area contributed by atoms with E-state index >= 15 is 0 Å². The van der Waals surface area contributed by atoms with E-state index in [-0.39, 0.29) is 17.0 Å². The normalized spacial score (nSPS) is 19.7. The molecule has 1 aliphatic heterocycles. The summed E-state index contributed by atoms with van der Waals surface area (Å²) < 4.78 is 5.63. The Bertz CT molecular complexity index is 472. The molecule has 2 rings (SSSR count). The third-order valence-corrected chi connectivity index (χ3v) is 3.93. The molecular weight excluding hydrogens is 284 g/mol. The van der Waals surface area contributed by atoms with E-state index in [9.17, 15) is 4.79 Å². The zero-order chi connectivity index (χ0) is 15.1. The van der Waals surface area contributed by atoms with Gasteiger partial charge in [-0.05, 0) is 31.2 Å². The second-order valence-corrected chi connectivity index (χ2v) is 5.81. The predicted octanol–water partition coefficient (Wildman–Crippen LogP) is 2.48. The molecule has 1 aromatic carbocycles. The van der Waals surface area contributed by atoms with Gasteiger partial charge in [-0.15, -0.1) is 0 Å². The molecule has 1 heterocycles. The molecule has 0 spiro atoms. The van der Waals surface area contributed by atoms with Crippen LogP contribution in [0.2, 0.25) is 0 Å².